The van der Waals surface area contributed by atoms with Gasteiger partial charge in [0.15, 0.2) is 0 Å². The van der Waals surface area contributed by atoms with Gasteiger partial charge in [0.05, 0.1) is 18.8 Å². The Hall–Kier alpha value is -2.89. The lowest BCUT2D eigenvalue weighted by molar-refractivity contribution is 0.0932. The summed E-state index contributed by atoms with van der Waals surface area (Å²) >= 11 is 0. The SMILES string of the molecule is COc1ccccc1-c1nc(C(=O)NC(C)C)n2ccncc12. The Kier molecular flexibility index (Phi) is 3.97. The molecule has 3 rings (SSSR count). The van der Waals surface area contributed by atoms with Gasteiger partial charge in [0.1, 0.15) is 11.4 Å². The number of fused-ring (bicyclic) bond motifs is 1. The van der Waals surface area contributed by atoms with Gasteiger partial charge in [-0.3, -0.25) is 14.2 Å². The molecule has 6 heteroatoms. The van der Waals surface area contributed by atoms with Crippen molar-refractivity contribution in [3.63, 3.8) is 0 Å². The van der Waals surface area contributed by atoms with Gasteiger partial charge in [-0.2, -0.15) is 0 Å². The Bertz CT molecular complexity index is 855. The number of carbonyl (C=O) groups is 1. The zero-order valence-corrected chi connectivity index (χ0v) is 13.3. The first-order chi connectivity index (χ1) is 11.1. The summed E-state index contributed by atoms with van der Waals surface area (Å²) in [5, 5.41) is 2.87. The molecule has 3 aromatic rings. The van der Waals surface area contributed by atoms with Gasteiger partial charge < -0.3 is 10.1 Å². The number of ether oxygens (including phenoxy) is 1. The number of hydrogen-bond acceptors (Lipinski definition) is 4. The minimum Gasteiger partial charge on any atom is -0.496 e. The Morgan fingerprint density at radius 1 is 1.30 bits per heavy atom. The first-order valence-electron chi connectivity index (χ1n) is 7.38. The van der Waals surface area contributed by atoms with Crippen LogP contribution in [0.25, 0.3) is 16.8 Å². The fraction of sp³-hybridized carbons (Fsp3) is 0.235. The van der Waals surface area contributed by atoms with E-state index in [1.54, 1.807) is 30.1 Å². The second kappa shape index (κ2) is 6.08. The molecule has 0 bridgehead atoms. The van der Waals surface area contributed by atoms with E-state index in [0.29, 0.717) is 17.3 Å². The summed E-state index contributed by atoms with van der Waals surface area (Å²) in [6.45, 7) is 3.83. The number of amides is 1. The van der Waals surface area contributed by atoms with Gasteiger partial charge in [-0.25, -0.2) is 4.98 Å². The van der Waals surface area contributed by atoms with Crippen molar-refractivity contribution in [2.75, 3.05) is 7.11 Å². The molecule has 0 fully saturated rings. The van der Waals surface area contributed by atoms with Gasteiger partial charge in [0.2, 0.25) is 5.82 Å². The zero-order valence-electron chi connectivity index (χ0n) is 13.3. The third-order valence-electron chi connectivity index (χ3n) is 3.43. The van der Waals surface area contributed by atoms with Crippen LogP contribution in [0.15, 0.2) is 42.9 Å². The maximum absolute atomic E-state index is 12.4. The largest absolute Gasteiger partial charge is 0.496 e. The van der Waals surface area contributed by atoms with E-state index in [1.807, 2.05) is 38.1 Å². The lowest BCUT2D eigenvalue weighted by Gasteiger charge is -2.06. The molecule has 2 heterocycles. The van der Waals surface area contributed by atoms with E-state index in [4.69, 9.17) is 4.74 Å². The molecule has 6 nitrogen and oxygen atoms in total. The van der Waals surface area contributed by atoms with E-state index in [-0.39, 0.29) is 11.9 Å². The van der Waals surface area contributed by atoms with Crippen LogP contribution in [0.2, 0.25) is 0 Å². The maximum Gasteiger partial charge on any atom is 0.287 e. The number of para-hydroxylation sites is 1. The van der Waals surface area contributed by atoms with E-state index < -0.39 is 0 Å². The molecular formula is C17H18N4O2. The highest BCUT2D eigenvalue weighted by molar-refractivity contribution is 5.95. The number of imidazole rings is 1. The van der Waals surface area contributed by atoms with Crippen LogP contribution in [-0.2, 0) is 0 Å². The molecule has 2 aromatic heterocycles. The summed E-state index contributed by atoms with van der Waals surface area (Å²) in [6, 6.07) is 7.62. The third-order valence-corrected chi connectivity index (χ3v) is 3.43. The number of nitrogens with one attached hydrogen (secondary N) is 1. The molecule has 0 atom stereocenters. The van der Waals surface area contributed by atoms with Crippen molar-refractivity contribution in [1.29, 1.82) is 0 Å². The second-order valence-corrected chi connectivity index (χ2v) is 5.44. The molecule has 0 aliphatic rings. The van der Waals surface area contributed by atoms with Crippen LogP contribution in [0.3, 0.4) is 0 Å². The van der Waals surface area contributed by atoms with Gasteiger partial charge >= 0.3 is 0 Å². The van der Waals surface area contributed by atoms with Crippen molar-refractivity contribution < 1.29 is 9.53 Å². The van der Waals surface area contributed by atoms with E-state index in [1.165, 1.54) is 0 Å². The first kappa shape index (κ1) is 15.0. The van der Waals surface area contributed by atoms with Gasteiger partial charge in [-0.15, -0.1) is 0 Å². The molecule has 0 aliphatic carbocycles. The topological polar surface area (TPSA) is 68.5 Å². The van der Waals surface area contributed by atoms with Crippen molar-refractivity contribution in [1.82, 2.24) is 19.7 Å². The normalized spacial score (nSPS) is 11.0. The summed E-state index contributed by atoms with van der Waals surface area (Å²) in [5.74, 6) is 0.812. The van der Waals surface area contributed by atoms with Crippen molar-refractivity contribution >= 4 is 11.4 Å². The predicted octanol–water partition coefficient (Wildman–Crippen LogP) is 2.54. The quantitative estimate of drug-likeness (QED) is 0.804. The fourth-order valence-electron chi connectivity index (χ4n) is 2.46. The molecule has 0 unspecified atom stereocenters. The Labute approximate surface area is 134 Å². The van der Waals surface area contributed by atoms with E-state index in [9.17, 15) is 4.79 Å². The number of methoxy groups -OCH3 is 1. The van der Waals surface area contributed by atoms with E-state index >= 15 is 0 Å². The van der Waals surface area contributed by atoms with Gasteiger partial charge in [0, 0.05) is 24.0 Å². The van der Waals surface area contributed by atoms with Crippen molar-refractivity contribution in [3.8, 4) is 17.0 Å². The molecule has 0 aliphatic heterocycles. The van der Waals surface area contributed by atoms with Crippen LogP contribution in [0.5, 0.6) is 5.75 Å². The van der Waals surface area contributed by atoms with E-state index in [0.717, 1.165) is 11.1 Å². The van der Waals surface area contributed by atoms with Crippen LogP contribution in [0, 0.1) is 0 Å². The fourth-order valence-corrected chi connectivity index (χ4v) is 2.46. The molecule has 118 valence electrons. The molecule has 0 saturated carbocycles. The smallest absolute Gasteiger partial charge is 0.287 e. The number of rotatable bonds is 4. The van der Waals surface area contributed by atoms with E-state index in [2.05, 4.69) is 15.3 Å². The summed E-state index contributed by atoms with van der Waals surface area (Å²) in [6.07, 6.45) is 5.06. The average molecular weight is 310 g/mol. The number of benzene rings is 1. The lowest BCUT2D eigenvalue weighted by atomic mass is 10.1. The minimum atomic E-state index is -0.220. The van der Waals surface area contributed by atoms with Crippen LogP contribution in [-0.4, -0.2) is 33.4 Å². The van der Waals surface area contributed by atoms with Crippen LogP contribution >= 0.6 is 0 Å². The maximum atomic E-state index is 12.4. The number of aromatic nitrogens is 3. The molecule has 0 radical (unpaired) electrons. The summed E-state index contributed by atoms with van der Waals surface area (Å²) in [7, 11) is 1.61. The standard InChI is InChI=1S/C17H18N4O2/c1-11(2)19-17(22)16-20-15(13-10-18-8-9-21(13)16)12-6-4-5-7-14(12)23-3/h4-11H,1-3H3,(H,19,22). The van der Waals surface area contributed by atoms with Gasteiger partial charge in [0.25, 0.3) is 5.91 Å². The zero-order chi connectivity index (χ0) is 16.4. The lowest BCUT2D eigenvalue weighted by Crippen LogP contribution is -2.31. The molecule has 1 amide bonds. The van der Waals surface area contributed by atoms with Crippen molar-refractivity contribution in [2.24, 2.45) is 0 Å². The molecule has 0 spiro atoms. The first-order valence-corrected chi connectivity index (χ1v) is 7.38. The Morgan fingerprint density at radius 2 is 2.09 bits per heavy atom. The van der Waals surface area contributed by atoms with Crippen LogP contribution < -0.4 is 10.1 Å². The number of nitrogens with zero attached hydrogens (tertiary/aromatic N) is 3. The Balaban J connectivity index is 2.21. The summed E-state index contributed by atoms with van der Waals surface area (Å²) in [4.78, 5) is 21.1. The average Bonchev–Trinajstić information content (AvgIpc) is 2.94. The van der Waals surface area contributed by atoms with Gasteiger partial charge in [-0.05, 0) is 26.0 Å². The summed E-state index contributed by atoms with van der Waals surface area (Å²) < 4.78 is 7.16. The highest BCUT2D eigenvalue weighted by atomic mass is 16.5. The number of hydrogen-bond donors (Lipinski definition) is 1. The van der Waals surface area contributed by atoms with Gasteiger partial charge in [-0.1, -0.05) is 12.1 Å². The number of carbonyl (C=O) groups excluding carboxylic acids is 1. The highest BCUT2D eigenvalue weighted by Gasteiger charge is 2.20. The second-order valence-electron chi connectivity index (χ2n) is 5.44. The van der Waals surface area contributed by atoms with Crippen molar-refractivity contribution in [3.05, 3.63) is 48.7 Å². The van der Waals surface area contributed by atoms with Crippen molar-refractivity contribution in [2.45, 2.75) is 19.9 Å². The van der Waals surface area contributed by atoms with Crippen LogP contribution in [0.1, 0.15) is 24.5 Å². The Morgan fingerprint density at radius 3 is 2.83 bits per heavy atom. The molecular weight excluding hydrogens is 292 g/mol. The third kappa shape index (κ3) is 2.75. The molecule has 1 aromatic carbocycles. The molecule has 1 N–H and O–H groups in total. The van der Waals surface area contributed by atoms with Crippen LogP contribution in [0.4, 0.5) is 0 Å². The predicted molar refractivity (Wildman–Crippen MR) is 87.6 cm³/mol. The molecule has 0 saturated heterocycles. The minimum absolute atomic E-state index is 0.0337. The monoisotopic (exact) mass is 310 g/mol. The highest BCUT2D eigenvalue weighted by Crippen LogP contribution is 2.32. The molecule has 23 heavy (non-hydrogen) atoms. The summed E-state index contributed by atoms with van der Waals surface area (Å²) in [5.41, 5.74) is 2.25.